The minimum Gasteiger partial charge on any atom is -0.496 e. The molecule has 3 atom stereocenters. The van der Waals surface area contributed by atoms with Gasteiger partial charge in [-0.2, -0.15) is 0 Å². The summed E-state index contributed by atoms with van der Waals surface area (Å²) >= 11 is 0. The molecule has 21 heavy (non-hydrogen) atoms. The third kappa shape index (κ3) is 3.44. The zero-order valence-corrected chi connectivity index (χ0v) is 13.5. The predicted octanol–water partition coefficient (Wildman–Crippen LogP) is 1.28. The van der Waals surface area contributed by atoms with Gasteiger partial charge in [0, 0.05) is 34.4 Å². The number of ether oxygens (including phenoxy) is 1. The van der Waals surface area contributed by atoms with Gasteiger partial charge in [-0.1, -0.05) is 25.1 Å². The van der Waals surface area contributed by atoms with Crippen molar-refractivity contribution in [3.63, 3.8) is 0 Å². The molecule has 116 valence electrons. The lowest BCUT2D eigenvalue weighted by Crippen LogP contribution is -2.34. The number of rotatable bonds is 6. The Morgan fingerprint density at radius 2 is 2.10 bits per heavy atom. The average Bonchev–Trinajstić information content (AvgIpc) is 2.80. The van der Waals surface area contributed by atoms with Gasteiger partial charge in [0.1, 0.15) is 11.9 Å². The van der Waals surface area contributed by atoms with Gasteiger partial charge in [-0.05, 0) is 13.0 Å². The van der Waals surface area contributed by atoms with E-state index >= 15 is 0 Å². The molecule has 0 spiro atoms. The molecule has 1 aromatic carbocycles. The Labute approximate surface area is 128 Å². The van der Waals surface area contributed by atoms with Crippen molar-refractivity contribution in [3.05, 3.63) is 29.8 Å². The van der Waals surface area contributed by atoms with Gasteiger partial charge in [-0.25, -0.2) is 0 Å². The summed E-state index contributed by atoms with van der Waals surface area (Å²) in [5, 5.41) is 3.28. The molecule has 0 aromatic heterocycles. The third-order valence-electron chi connectivity index (χ3n) is 3.69. The number of hydrogen-bond acceptors (Lipinski definition) is 4. The molecule has 0 aliphatic carbocycles. The first-order chi connectivity index (χ1) is 10.1. The Kier molecular flexibility index (Phi) is 5.36. The Bertz CT molecular complexity index is 535. The minimum absolute atomic E-state index is 0.0407. The summed E-state index contributed by atoms with van der Waals surface area (Å²) in [7, 11) is 0.740. The summed E-state index contributed by atoms with van der Waals surface area (Å²) < 4.78 is 17.0. The number of carbonyl (C=O) groups excluding carboxylic acids is 1. The number of benzene rings is 1. The van der Waals surface area contributed by atoms with Crippen LogP contribution in [0.25, 0.3) is 0 Å². The van der Waals surface area contributed by atoms with Gasteiger partial charge in [0.05, 0.1) is 13.2 Å². The smallest absolute Gasteiger partial charge is 0.241 e. The number of nitrogens with one attached hydrogen (secondary N) is 1. The van der Waals surface area contributed by atoms with Crippen LogP contribution in [-0.2, 0) is 15.6 Å². The maximum atomic E-state index is 12.3. The van der Waals surface area contributed by atoms with Gasteiger partial charge in [-0.15, -0.1) is 0 Å². The lowest BCUT2D eigenvalue weighted by atomic mass is 10.1. The molecule has 1 aromatic rings. The van der Waals surface area contributed by atoms with E-state index in [4.69, 9.17) is 4.74 Å². The molecular weight excluding hydrogens is 288 g/mol. The van der Waals surface area contributed by atoms with Crippen molar-refractivity contribution in [1.82, 2.24) is 10.2 Å². The number of methoxy groups -OCH3 is 1. The molecule has 1 amide bonds. The Morgan fingerprint density at radius 3 is 2.76 bits per heavy atom. The monoisotopic (exact) mass is 310 g/mol. The van der Waals surface area contributed by atoms with E-state index in [9.17, 15) is 9.00 Å². The van der Waals surface area contributed by atoms with Gasteiger partial charge in [0.25, 0.3) is 0 Å². The van der Waals surface area contributed by atoms with Gasteiger partial charge in [-0.3, -0.25) is 14.3 Å². The van der Waals surface area contributed by atoms with Gasteiger partial charge < -0.3 is 9.64 Å². The number of carbonyl (C=O) groups is 1. The molecule has 3 unspecified atom stereocenters. The molecule has 1 fully saturated rings. The topological polar surface area (TPSA) is 58.6 Å². The minimum atomic E-state index is -0.881. The highest BCUT2D eigenvalue weighted by Gasteiger charge is 2.38. The van der Waals surface area contributed by atoms with Gasteiger partial charge in [0.15, 0.2) is 0 Å². The third-order valence-corrected chi connectivity index (χ3v) is 4.97. The molecule has 1 aliphatic heterocycles. The first-order valence-electron chi connectivity index (χ1n) is 7.13. The lowest BCUT2D eigenvalue weighted by Gasteiger charge is -2.25. The quantitative estimate of drug-likeness (QED) is 0.860. The summed E-state index contributed by atoms with van der Waals surface area (Å²) in [6, 6.07) is 7.42. The van der Waals surface area contributed by atoms with E-state index in [-0.39, 0.29) is 18.1 Å². The van der Waals surface area contributed by atoms with Crippen molar-refractivity contribution in [2.45, 2.75) is 26.1 Å². The van der Waals surface area contributed by atoms with E-state index in [1.165, 1.54) is 0 Å². The van der Waals surface area contributed by atoms with Crippen LogP contribution in [0.5, 0.6) is 5.75 Å². The first-order valence-corrected chi connectivity index (χ1v) is 8.61. The molecule has 0 radical (unpaired) electrons. The largest absolute Gasteiger partial charge is 0.496 e. The molecular formula is C15H22N2O3S. The zero-order chi connectivity index (χ0) is 15.4. The van der Waals surface area contributed by atoms with E-state index in [2.05, 4.69) is 5.32 Å². The highest BCUT2D eigenvalue weighted by Crippen LogP contribution is 2.31. The van der Waals surface area contributed by atoms with Crippen LogP contribution in [0.1, 0.15) is 25.6 Å². The highest BCUT2D eigenvalue weighted by atomic mass is 32.2. The number of para-hydroxylation sites is 1. The summed E-state index contributed by atoms with van der Waals surface area (Å²) in [5.74, 6) is 1.91. The van der Waals surface area contributed by atoms with Crippen LogP contribution in [0.15, 0.2) is 24.3 Å². The van der Waals surface area contributed by atoms with Gasteiger partial charge >= 0.3 is 0 Å². The van der Waals surface area contributed by atoms with Crippen LogP contribution in [0.4, 0.5) is 0 Å². The number of nitrogens with zero attached hydrogens (tertiary/aromatic N) is 1. The molecule has 2 rings (SSSR count). The van der Waals surface area contributed by atoms with Crippen molar-refractivity contribution in [3.8, 4) is 5.75 Å². The fourth-order valence-corrected chi connectivity index (χ4v) is 3.20. The average molecular weight is 310 g/mol. The SMILES string of the molecule is CCS(=O)CCN1C(=O)C(C)NC1c1ccccc1OC. The highest BCUT2D eigenvalue weighted by molar-refractivity contribution is 7.84. The second-order valence-corrected chi connectivity index (χ2v) is 6.86. The zero-order valence-electron chi connectivity index (χ0n) is 12.7. The lowest BCUT2D eigenvalue weighted by molar-refractivity contribution is -0.129. The Hall–Kier alpha value is -1.40. The first kappa shape index (κ1) is 16.0. The van der Waals surface area contributed by atoms with Crippen molar-refractivity contribution < 1.29 is 13.7 Å². The standard InChI is InChI=1S/C15H22N2O3S/c1-4-21(19)10-9-17-14(16-11(2)15(17)18)12-7-5-6-8-13(12)20-3/h5-8,11,14,16H,4,9-10H2,1-3H3. The van der Waals surface area contributed by atoms with Crippen LogP contribution < -0.4 is 10.1 Å². The summed E-state index contributed by atoms with van der Waals surface area (Å²) in [4.78, 5) is 14.1. The molecule has 5 nitrogen and oxygen atoms in total. The van der Waals surface area contributed by atoms with Crippen LogP contribution in [0.2, 0.25) is 0 Å². The second-order valence-electron chi connectivity index (χ2n) is 5.00. The fraction of sp³-hybridized carbons (Fsp3) is 0.533. The molecule has 1 aliphatic rings. The van der Waals surface area contributed by atoms with E-state index in [0.29, 0.717) is 18.1 Å². The van der Waals surface area contributed by atoms with Crippen molar-refractivity contribution in [1.29, 1.82) is 0 Å². The van der Waals surface area contributed by atoms with Crippen LogP contribution in [0, 0.1) is 0 Å². The fourth-order valence-electron chi connectivity index (χ4n) is 2.51. The molecule has 0 saturated carbocycles. The number of hydrogen-bond donors (Lipinski definition) is 1. The van der Waals surface area contributed by atoms with E-state index in [1.54, 1.807) is 12.0 Å². The van der Waals surface area contributed by atoms with E-state index in [0.717, 1.165) is 11.3 Å². The van der Waals surface area contributed by atoms with Crippen LogP contribution in [-0.4, -0.2) is 46.2 Å². The maximum absolute atomic E-state index is 12.3. The van der Waals surface area contributed by atoms with Gasteiger partial charge in [0.2, 0.25) is 5.91 Å². The normalized spacial score (nSPS) is 23.4. The van der Waals surface area contributed by atoms with Crippen molar-refractivity contribution in [2.75, 3.05) is 25.2 Å². The summed E-state index contributed by atoms with van der Waals surface area (Å²) in [6.07, 6.45) is -0.225. The molecule has 0 bridgehead atoms. The van der Waals surface area contributed by atoms with Crippen molar-refractivity contribution in [2.24, 2.45) is 0 Å². The molecule has 1 heterocycles. The van der Waals surface area contributed by atoms with Crippen LogP contribution in [0.3, 0.4) is 0 Å². The maximum Gasteiger partial charge on any atom is 0.241 e. The van der Waals surface area contributed by atoms with E-state index < -0.39 is 10.8 Å². The van der Waals surface area contributed by atoms with Crippen molar-refractivity contribution >= 4 is 16.7 Å². The Morgan fingerprint density at radius 1 is 1.38 bits per heavy atom. The summed E-state index contributed by atoms with van der Waals surface area (Å²) in [5.41, 5.74) is 0.931. The molecule has 6 heteroatoms. The number of amides is 1. The van der Waals surface area contributed by atoms with E-state index in [1.807, 2.05) is 38.1 Å². The Balaban J connectivity index is 2.23. The predicted molar refractivity (Wildman–Crippen MR) is 83.6 cm³/mol. The molecule has 1 N–H and O–H groups in total. The van der Waals surface area contributed by atoms with Crippen LogP contribution >= 0.6 is 0 Å². The second kappa shape index (κ2) is 7.04. The summed E-state index contributed by atoms with van der Waals surface area (Å²) in [6.45, 7) is 4.22. The molecule has 1 saturated heterocycles.